The smallest absolute Gasteiger partial charge is 0.336 e. The van der Waals surface area contributed by atoms with Crippen molar-refractivity contribution >= 4 is 23.9 Å². The Balaban J connectivity index is 1.47. The molecule has 0 radical (unpaired) electrons. The molecule has 1 aliphatic heterocycles. The molecule has 0 amide bonds. The van der Waals surface area contributed by atoms with E-state index in [1.807, 2.05) is 42.5 Å². The normalized spacial score (nSPS) is 14.5. The summed E-state index contributed by atoms with van der Waals surface area (Å²) < 4.78 is 11.1. The highest BCUT2D eigenvalue weighted by Crippen LogP contribution is 2.35. The fraction of sp³-hybridized carbons (Fsp3) is 0.143. The molecule has 160 valence electrons. The van der Waals surface area contributed by atoms with Gasteiger partial charge in [-0.3, -0.25) is 4.79 Å². The predicted octanol–water partition coefficient (Wildman–Crippen LogP) is 6.22. The third-order valence-electron chi connectivity index (χ3n) is 5.15. The molecule has 3 aromatic carbocycles. The molecule has 0 aromatic heterocycles. The lowest BCUT2D eigenvalue weighted by atomic mass is 9.86. The average Bonchev–Trinajstić information content (AvgIpc) is 3.07. The first-order valence-corrected chi connectivity index (χ1v) is 10.4. The van der Waals surface area contributed by atoms with Gasteiger partial charge in [0.15, 0.2) is 5.76 Å². The molecule has 0 spiro atoms. The molecule has 4 nitrogen and oxygen atoms in total. The monoisotopic (exact) mass is 424 g/mol. The van der Waals surface area contributed by atoms with Crippen LogP contribution in [0.5, 0.6) is 11.5 Å². The summed E-state index contributed by atoms with van der Waals surface area (Å²) in [7, 11) is 0. The van der Waals surface area contributed by atoms with Crippen molar-refractivity contribution in [1.29, 1.82) is 0 Å². The van der Waals surface area contributed by atoms with Crippen LogP contribution in [-0.4, -0.2) is 11.8 Å². The van der Waals surface area contributed by atoms with Crippen molar-refractivity contribution in [3.8, 4) is 11.5 Å². The maximum Gasteiger partial charge on any atom is 0.336 e. The molecule has 4 heteroatoms. The Labute approximate surface area is 187 Å². The Bertz CT molecular complexity index is 1210. The highest BCUT2D eigenvalue weighted by molar-refractivity contribution is 6.14. The average molecular weight is 424 g/mol. The van der Waals surface area contributed by atoms with E-state index in [0.29, 0.717) is 17.1 Å². The maximum atomic E-state index is 12.7. The highest BCUT2D eigenvalue weighted by Gasteiger charge is 2.28. The number of fused-ring (bicyclic) bond motifs is 1. The van der Waals surface area contributed by atoms with Gasteiger partial charge in [0.25, 0.3) is 0 Å². The van der Waals surface area contributed by atoms with Gasteiger partial charge in [-0.25, -0.2) is 4.79 Å². The van der Waals surface area contributed by atoms with Gasteiger partial charge in [-0.1, -0.05) is 75.4 Å². The molecule has 1 aliphatic rings. The van der Waals surface area contributed by atoms with Crippen LogP contribution in [0.2, 0.25) is 0 Å². The molecule has 0 saturated carbocycles. The molecule has 3 aromatic rings. The second kappa shape index (κ2) is 8.67. The van der Waals surface area contributed by atoms with Gasteiger partial charge in [-0.05, 0) is 46.4 Å². The van der Waals surface area contributed by atoms with Crippen LogP contribution in [0.15, 0.2) is 84.6 Å². The summed E-state index contributed by atoms with van der Waals surface area (Å²) in [5, 5.41) is 0. The molecule has 0 unspecified atom stereocenters. The van der Waals surface area contributed by atoms with Crippen molar-refractivity contribution < 1.29 is 19.1 Å². The van der Waals surface area contributed by atoms with E-state index < -0.39 is 5.97 Å². The second-order valence-electron chi connectivity index (χ2n) is 8.63. The Morgan fingerprint density at radius 3 is 2.31 bits per heavy atom. The lowest BCUT2D eigenvalue weighted by Gasteiger charge is -2.18. The first-order valence-electron chi connectivity index (χ1n) is 10.4. The van der Waals surface area contributed by atoms with Crippen LogP contribution in [0.3, 0.4) is 0 Å². The van der Waals surface area contributed by atoms with Crippen LogP contribution >= 0.6 is 0 Å². The van der Waals surface area contributed by atoms with Gasteiger partial charge in [-0.15, -0.1) is 0 Å². The number of ether oxygens (including phenoxy) is 2. The van der Waals surface area contributed by atoms with Crippen molar-refractivity contribution in [1.82, 2.24) is 0 Å². The van der Waals surface area contributed by atoms with Crippen LogP contribution in [0.25, 0.3) is 12.2 Å². The Morgan fingerprint density at radius 1 is 0.906 bits per heavy atom. The fourth-order valence-corrected chi connectivity index (χ4v) is 3.34. The Hall–Kier alpha value is -3.92. The van der Waals surface area contributed by atoms with Gasteiger partial charge in [0.05, 0.1) is 5.56 Å². The quantitative estimate of drug-likeness (QED) is 0.283. The van der Waals surface area contributed by atoms with Crippen LogP contribution in [0.1, 0.15) is 47.8 Å². The number of esters is 1. The van der Waals surface area contributed by atoms with Crippen molar-refractivity contribution in [2.24, 2.45) is 0 Å². The molecule has 0 atom stereocenters. The minimum Gasteiger partial charge on any atom is -0.452 e. The summed E-state index contributed by atoms with van der Waals surface area (Å²) >= 11 is 0. The van der Waals surface area contributed by atoms with E-state index in [9.17, 15) is 9.59 Å². The van der Waals surface area contributed by atoms with Gasteiger partial charge in [0.1, 0.15) is 11.5 Å². The molecule has 0 N–H and O–H groups in total. The zero-order valence-corrected chi connectivity index (χ0v) is 18.3. The largest absolute Gasteiger partial charge is 0.452 e. The van der Waals surface area contributed by atoms with Crippen molar-refractivity contribution in [2.45, 2.75) is 26.2 Å². The SMILES string of the molecule is CC(C)(C)c1ccc(/C=C2\Oc3cc(OC(=O)/C=C/c4ccccc4)ccc3C2=O)cc1. The molecule has 4 rings (SSSR count). The highest BCUT2D eigenvalue weighted by atomic mass is 16.5. The van der Waals surface area contributed by atoms with Crippen LogP contribution in [0.4, 0.5) is 0 Å². The van der Waals surface area contributed by atoms with E-state index in [2.05, 4.69) is 32.9 Å². The fourth-order valence-electron chi connectivity index (χ4n) is 3.34. The number of carbonyl (C=O) groups is 2. The number of hydrogen-bond donors (Lipinski definition) is 0. The lowest BCUT2D eigenvalue weighted by Crippen LogP contribution is -2.10. The van der Waals surface area contributed by atoms with Crippen LogP contribution in [-0.2, 0) is 10.2 Å². The molecule has 32 heavy (non-hydrogen) atoms. The summed E-state index contributed by atoms with van der Waals surface area (Å²) in [5.74, 6) is 0.241. The topological polar surface area (TPSA) is 52.6 Å². The van der Waals surface area contributed by atoms with Crippen LogP contribution < -0.4 is 9.47 Å². The van der Waals surface area contributed by atoms with E-state index in [1.165, 1.54) is 11.6 Å². The van der Waals surface area contributed by atoms with E-state index in [0.717, 1.165) is 11.1 Å². The third-order valence-corrected chi connectivity index (χ3v) is 5.15. The summed E-state index contributed by atoms with van der Waals surface area (Å²) in [6, 6.07) is 22.3. The van der Waals surface area contributed by atoms with Gasteiger partial charge in [0, 0.05) is 12.1 Å². The number of benzene rings is 3. The summed E-state index contributed by atoms with van der Waals surface area (Å²) in [4.78, 5) is 24.8. The minimum absolute atomic E-state index is 0.0612. The molecular weight excluding hydrogens is 400 g/mol. The zero-order valence-electron chi connectivity index (χ0n) is 18.3. The van der Waals surface area contributed by atoms with E-state index in [-0.39, 0.29) is 17.0 Å². The standard InChI is InChI=1S/C28H24O4/c1-28(2,3)21-12-9-20(10-13-21)17-25-27(30)23-15-14-22(18-24(23)32-25)31-26(29)16-11-19-7-5-4-6-8-19/h4-18H,1-3H3/b16-11+,25-17-. The number of allylic oxidation sites excluding steroid dienone is 1. The predicted molar refractivity (Wildman–Crippen MR) is 126 cm³/mol. The third kappa shape index (κ3) is 4.86. The Kier molecular flexibility index (Phi) is 5.78. The second-order valence-corrected chi connectivity index (χ2v) is 8.63. The summed E-state index contributed by atoms with van der Waals surface area (Å²) in [6.07, 6.45) is 4.77. The van der Waals surface area contributed by atoms with Gasteiger partial charge in [-0.2, -0.15) is 0 Å². The zero-order chi connectivity index (χ0) is 22.7. The van der Waals surface area contributed by atoms with Crippen molar-refractivity contribution in [3.63, 3.8) is 0 Å². The lowest BCUT2D eigenvalue weighted by molar-refractivity contribution is -0.128. The van der Waals surface area contributed by atoms with Gasteiger partial charge < -0.3 is 9.47 Å². The molecular formula is C28H24O4. The molecule has 0 fully saturated rings. The number of Topliss-reactive ketones (excluding diaryl/α,β-unsaturated/α-hetero) is 1. The Morgan fingerprint density at radius 2 is 1.62 bits per heavy atom. The molecule has 0 saturated heterocycles. The molecule has 0 aliphatic carbocycles. The maximum absolute atomic E-state index is 12.7. The number of ketones is 1. The van der Waals surface area contributed by atoms with Crippen molar-refractivity contribution in [3.05, 3.63) is 107 Å². The summed E-state index contributed by atoms with van der Waals surface area (Å²) in [6.45, 7) is 6.47. The van der Waals surface area contributed by atoms with Crippen molar-refractivity contribution in [2.75, 3.05) is 0 Å². The minimum atomic E-state index is -0.507. The number of hydrogen-bond acceptors (Lipinski definition) is 4. The molecule has 1 heterocycles. The summed E-state index contributed by atoms with van der Waals surface area (Å²) in [5.41, 5.74) is 3.51. The van der Waals surface area contributed by atoms with Gasteiger partial charge in [0.2, 0.25) is 5.78 Å². The van der Waals surface area contributed by atoms with E-state index in [1.54, 1.807) is 30.4 Å². The first-order chi connectivity index (χ1) is 15.3. The van der Waals surface area contributed by atoms with E-state index >= 15 is 0 Å². The number of rotatable bonds is 4. The molecule has 0 bridgehead atoms. The number of carbonyl (C=O) groups excluding carboxylic acids is 2. The van der Waals surface area contributed by atoms with Gasteiger partial charge >= 0.3 is 5.97 Å². The first kappa shape index (κ1) is 21.3. The van der Waals surface area contributed by atoms with Crippen LogP contribution in [0, 0.1) is 0 Å². The van der Waals surface area contributed by atoms with E-state index in [4.69, 9.17) is 9.47 Å².